The molecule has 0 spiro atoms. The smallest absolute Gasteiger partial charge is 0.238 e. The van der Waals surface area contributed by atoms with Crippen LogP contribution in [-0.4, -0.2) is 23.9 Å². The number of rotatable bonds is 6. The van der Waals surface area contributed by atoms with Crippen LogP contribution in [0.1, 0.15) is 23.6 Å². The number of nitrogens with zero attached hydrogens (tertiary/aromatic N) is 1. The van der Waals surface area contributed by atoms with Gasteiger partial charge in [-0.3, -0.25) is 9.69 Å². The normalized spacial score (nSPS) is 10.8. The van der Waals surface area contributed by atoms with Gasteiger partial charge in [0.1, 0.15) is 0 Å². The molecule has 0 heterocycles. The summed E-state index contributed by atoms with van der Waals surface area (Å²) < 4.78 is 1.01. The van der Waals surface area contributed by atoms with Crippen LogP contribution in [0.3, 0.4) is 0 Å². The van der Waals surface area contributed by atoms with E-state index in [1.54, 1.807) is 0 Å². The van der Waals surface area contributed by atoms with Gasteiger partial charge in [0.25, 0.3) is 0 Å². The lowest BCUT2D eigenvalue weighted by atomic mass is 10.1. The van der Waals surface area contributed by atoms with E-state index in [4.69, 9.17) is 0 Å². The molecule has 0 radical (unpaired) electrons. The Labute approximate surface area is 146 Å². The number of hydrogen-bond donors (Lipinski definition) is 1. The minimum Gasteiger partial charge on any atom is -0.324 e. The minimum absolute atomic E-state index is 0.0204. The fourth-order valence-electron chi connectivity index (χ4n) is 2.52. The van der Waals surface area contributed by atoms with Crippen molar-refractivity contribution < 1.29 is 4.79 Å². The first kappa shape index (κ1) is 17.7. The number of aryl methyl sites for hydroxylation is 1. The summed E-state index contributed by atoms with van der Waals surface area (Å²) in [5, 5.41) is 3.06. The van der Waals surface area contributed by atoms with Gasteiger partial charge in [0.15, 0.2) is 0 Å². The molecule has 0 saturated heterocycles. The van der Waals surface area contributed by atoms with Crippen LogP contribution in [0.4, 0.5) is 5.69 Å². The SMILES string of the molecule is CCN(CC(=O)Nc1c(C)ccc(Br)c1C)Cc1ccccc1. The van der Waals surface area contributed by atoms with Gasteiger partial charge in [-0.05, 0) is 43.1 Å². The first-order valence-corrected chi connectivity index (χ1v) is 8.62. The Kier molecular flexibility index (Phi) is 6.37. The summed E-state index contributed by atoms with van der Waals surface area (Å²) >= 11 is 3.52. The Morgan fingerprint density at radius 3 is 2.48 bits per heavy atom. The van der Waals surface area contributed by atoms with Crippen LogP contribution in [0.25, 0.3) is 0 Å². The van der Waals surface area contributed by atoms with E-state index >= 15 is 0 Å². The Hall–Kier alpha value is -1.65. The maximum atomic E-state index is 12.4. The zero-order chi connectivity index (χ0) is 16.8. The molecule has 0 saturated carbocycles. The highest BCUT2D eigenvalue weighted by Gasteiger charge is 2.13. The molecule has 122 valence electrons. The maximum Gasteiger partial charge on any atom is 0.238 e. The Balaban J connectivity index is 2.02. The molecule has 0 aliphatic heterocycles. The predicted molar refractivity (Wildman–Crippen MR) is 99.6 cm³/mol. The van der Waals surface area contributed by atoms with Crippen LogP contribution >= 0.6 is 15.9 Å². The summed E-state index contributed by atoms with van der Waals surface area (Å²) in [5.74, 6) is 0.0204. The van der Waals surface area contributed by atoms with E-state index in [9.17, 15) is 4.79 Å². The number of benzene rings is 2. The summed E-state index contributed by atoms with van der Waals surface area (Å²) in [6.45, 7) is 8.09. The van der Waals surface area contributed by atoms with Gasteiger partial charge in [-0.25, -0.2) is 0 Å². The lowest BCUT2D eigenvalue weighted by molar-refractivity contribution is -0.117. The molecule has 3 nitrogen and oxygen atoms in total. The third-order valence-electron chi connectivity index (χ3n) is 3.94. The van der Waals surface area contributed by atoms with Crippen LogP contribution in [-0.2, 0) is 11.3 Å². The van der Waals surface area contributed by atoms with Crippen molar-refractivity contribution in [2.24, 2.45) is 0 Å². The number of anilines is 1. The second-order valence-electron chi connectivity index (χ2n) is 5.70. The Morgan fingerprint density at radius 2 is 1.83 bits per heavy atom. The van der Waals surface area contributed by atoms with E-state index in [-0.39, 0.29) is 5.91 Å². The molecule has 0 aromatic heterocycles. The van der Waals surface area contributed by atoms with Crippen LogP contribution in [0.5, 0.6) is 0 Å². The zero-order valence-electron chi connectivity index (χ0n) is 13.9. The fourth-order valence-corrected chi connectivity index (χ4v) is 2.85. The fraction of sp³-hybridized carbons (Fsp3) is 0.316. The molecule has 0 unspecified atom stereocenters. The van der Waals surface area contributed by atoms with Gasteiger partial charge in [-0.15, -0.1) is 0 Å². The Morgan fingerprint density at radius 1 is 1.13 bits per heavy atom. The van der Waals surface area contributed by atoms with E-state index in [2.05, 4.69) is 45.2 Å². The first-order valence-electron chi connectivity index (χ1n) is 7.83. The summed E-state index contributed by atoms with van der Waals surface area (Å²) in [5.41, 5.74) is 4.26. The van der Waals surface area contributed by atoms with E-state index < -0.39 is 0 Å². The molecule has 0 aliphatic carbocycles. The van der Waals surface area contributed by atoms with Crippen LogP contribution in [0, 0.1) is 13.8 Å². The molecule has 4 heteroatoms. The number of halogens is 1. The molecule has 2 rings (SSSR count). The molecule has 0 fully saturated rings. The molecular formula is C19H23BrN2O. The third-order valence-corrected chi connectivity index (χ3v) is 4.79. The van der Waals surface area contributed by atoms with E-state index in [0.717, 1.165) is 34.4 Å². The summed E-state index contributed by atoms with van der Waals surface area (Å²) in [4.78, 5) is 14.6. The third kappa shape index (κ3) is 4.91. The topological polar surface area (TPSA) is 32.3 Å². The number of amides is 1. The molecule has 2 aromatic rings. The van der Waals surface area contributed by atoms with Crippen molar-refractivity contribution in [1.29, 1.82) is 0 Å². The van der Waals surface area contributed by atoms with Gasteiger partial charge in [0.05, 0.1) is 6.54 Å². The molecule has 0 atom stereocenters. The van der Waals surface area contributed by atoms with Crippen molar-refractivity contribution in [3.8, 4) is 0 Å². The second kappa shape index (κ2) is 8.27. The van der Waals surface area contributed by atoms with Crippen LogP contribution in [0.2, 0.25) is 0 Å². The van der Waals surface area contributed by atoms with Gasteiger partial charge in [-0.2, -0.15) is 0 Å². The van der Waals surface area contributed by atoms with Crippen molar-refractivity contribution >= 4 is 27.5 Å². The summed E-state index contributed by atoms with van der Waals surface area (Å²) in [6.07, 6.45) is 0. The van der Waals surface area contributed by atoms with Gasteiger partial charge in [0.2, 0.25) is 5.91 Å². The standard InChI is InChI=1S/C19H23BrN2O/c1-4-22(12-16-8-6-5-7-9-16)13-18(23)21-19-14(2)10-11-17(20)15(19)3/h5-11H,4,12-13H2,1-3H3,(H,21,23). The van der Waals surface area contributed by atoms with Crippen LogP contribution in [0.15, 0.2) is 46.9 Å². The second-order valence-corrected chi connectivity index (χ2v) is 6.56. The lowest BCUT2D eigenvalue weighted by Crippen LogP contribution is -2.33. The molecule has 23 heavy (non-hydrogen) atoms. The van der Waals surface area contributed by atoms with Gasteiger partial charge in [0, 0.05) is 16.7 Å². The molecule has 1 amide bonds. The summed E-state index contributed by atoms with van der Waals surface area (Å²) in [6, 6.07) is 14.2. The van der Waals surface area contributed by atoms with Gasteiger partial charge in [-0.1, -0.05) is 59.3 Å². The van der Waals surface area contributed by atoms with Crippen molar-refractivity contribution in [3.63, 3.8) is 0 Å². The largest absolute Gasteiger partial charge is 0.324 e. The molecule has 0 aliphatic rings. The average molecular weight is 375 g/mol. The van der Waals surface area contributed by atoms with Crippen molar-refractivity contribution in [2.45, 2.75) is 27.3 Å². The van der Waals surface area contributed by atoms with Crippen molar-refractivity contribution in [2.75, 3.05) is 18.4 Å². The zero-order valence-corrected chi connectivity index (χ0v) is 15.5. The molecular weight excluding hydrogens is 352 g/mol. The molecule has 1 N–H and O–H groups in total. The summed E-state index contributed by atoms with van der Waals surface area (Å²) in [7, 11) is 0. The number of hydrogen-bond acceptors (Lipinski definition) is 2. The highest BCUT2D eigenvalue weighted by molar-refractivity contribution is 9.10. The van der Waals surface area contributed by atoms with Crippen molar-refractivity contribution in [3.05, 3.63) is 63.6 Å². The average Bonchev–Trinajstić information content (AvgIpc) is 2.55. The van der Waals surface area contributed by atoms with Crippen LogP contribution < -0.4 is 5.32 Å². The van der Waals surface area contributed by atoms with Gasteiger partial charge < -0.3 is 5.32 Å². The minimum atomic E-state index is 0.0204. The number of nitrogens with one attached hydrogen (secondary N) is 1. The van der Waals surface area contributed by atoms with Gasteiger partial charge >= 0.3 is 0 Å². The predicted octanol–water partition coefficient (Wildman–Crippen LogP) is 4.53. The van der Waals surface area contributed by atoms with E-state index in [0.29, 0.717) is 6.54 Å². The monoisotopic (exact) mass is 374 g/mol. The Bertz CT molecular complexity index is 671. The quantitative estimate of drug-likeness (QED) is 0.805. The molecule has 2 aromatic carbocycles. The maximum absolute atomic E-state index is 12.4. The number of carbonyl (C=O) groups excluding carboxylic acids is 1. The van der Waals surface area contributed by atoms with E-state index in [1.165, 1.54) is 5.56 Å². The van der Waals surface area contributed by atoms with E-state index in [1.807, 2.05) is 44.2 Å². The van der Waals surface area contributed by atoms with Crippen molar-refractivity contribution in [1.82, 2.24) is 4.90 Å². The lowest BCUT2D eigenvalue weighted by Gasteiger charge is -2.21. The first-order chi connectivity index (χ1) is 11.0. The number of carbonyl (C=O) groups is 1. The highest BCUT2D eigenvalue weighted by Crippen LogP contribution is 2.27. The molecule has 0 bridgehead atoms. The number of likely N-dealkylation sites (N-methyl/N-ethyl adjacent to an activating group) is 1. The highest BCUT2D eigenvalue weighted by atomic mass is 79.9.